The van der Waals surface area contributed by atoms with Gasteiger partial charge in [-0.05, 0) is 57.6 Å². The maximum atomic E-state index is 7.64. The molecule has 0 bridgehead atoms. The first-order valence-electron chi connectivity index (χ1n) is 19.2. The summed E-state index contributed by atoms with van der Waals surface area (Å²) in [7, 11) is 0. The Bertz CT molecular complexity index is 2940. The van der Waals surface area contributed by atoms with E-state index in [4.69, 9.17) is 26.3 Å². The van der Waals surface area contributed by atoms with Crippen LogP contribution in [0.5, 0.6) is 11.5 Å². The molecule has 0 unspecified atom stereocenters. The highest BCUT2D eigenvalue weighted by atomic mass is 16.5. The predicted molar refractivity (Wildman–Crippen MR) is 232 cm³/mol. The quantitative estimate of drug-likeness (QED) is 0.153. The molecule has 1 aliphatic heterocycles. The zero-order valence-electron chi connectivity index (χ0n) is 31.3. The van der Waals surface area contributed by atoms with E-state index >= 15 is 0 Å². The second-order valence-electron chi connectivity index (χ2n) is 14.3. The van der Waals surface area contributed by atoms with Gasteiger partial charge in [-0.2, -0.15) is 0 Å². The largest absolute Gasteiger partial charge is 0.457 e. The van der Waals surface area contributed by atoms with Crippen LogP contribution in [0.1, 0.15) is 22.3 Å². The molecular weight excluding hydrogens is 709 g/mol. The molecule has 0 saturated heterocycles. The molecule has 272 valence electrons. The summed E-state index contributed by atoms with van der Waals surface area (Å²) in [5.41, 5.74) is 11.1. The van der Waals surface area contributed by atoms with Crippen molar-refractivity contribution in [3.8, 4) is 67.9 Å². The molecule has 58 heavy (non-hydrogen) atoms. The van der Waals surface area contributed by atoms with Gasteiger partial charge in [0.1, 0.15) is 11.5 Å². The lowest BCUT2D eigenvalue weighted by Gasteiger charge is -2.41. The summed E-state index contributed by atoms with van der Waals surface area (Å²) in [5, 5.41) is 0. The minimum Gasteiger partial charge on any atom is -0.457 e. The minimum atomic E-state index is -0.623. The Morgan fingerprint density at radius 1 is 0.379 bits per heavy atom. The van der Waals surface area contributed by atoms with Crippen LogP contribution in [0.25, 0.3) is 61.3 Å². The SMILES string of the molecule is [C-]#[N+]c1ccccc1-c1ccc(-c2nc(-c3ccccc3)nc(-c3cccc(-c4ccc5c(c4)C(c4ccccc4)(c4ccccc4)c4ccccc4O5)c3)n2)cc1. The Morgan fingerprint density at radius 2 is 0.862 bits per heavy atom. The van der Waals surface area contributed by atoms with Crippen molar-refractivity contribution in [2.45, 2.75) is 5.41 Å². The Balaban J connectivity index is 1.10. The van der Waals surface area contributed by atoms with Crippen LogP contribution in [0.2, 0.25) is 0 Å². The number of hydrogen-bond acceptors (Lipinski definition) is 4. The van der Waals surface area contributed by atoms with E-state index in [0.717, 1.165) is 61.6 Å². The van der Waals surface area contributed by atoms with Crippen molar-refractivity contribution in [2.75, 3.05) is 0 Å². The van der Waals surface area contributed by atoms with E-state index in [1.165, 1.54) is 11.1 Å². The zero-order chi connectivity index (χ0) is 38.9. The molecule has 0 saturated carbocycles. The van der Waals surface area contributed by atoms with Gasteiger partial charge in [-0.15, -0.1) is 0 Å². The molecule has 5 heteroatoms. The second kappa shape index (κ2) is 14.6. The first kappa shape index (κ1) is 34.5. The van der Waals surface area contributed by atoms with Gasteiger partial charge in [-0.1, -0.05) is 182 Å². The van der Waals surface area contributed by atoms with Crippen molar-refractivity contribution < 1.29 is 4.74 Å². The van der Waals surface area contributed by atoms with Gasteiger partial charge in [0.15, 0.2) is 23.2 Å². The van der Waals surface area contributed by atoms with Crippen molar-refractivity contribution in [3.05, 3.63) is 240 Å². The van der Waals surface area contributed by atoms with Crippen molar-refractivity contribution >= 4 is 5.69 Å². The van der Waals surface area contributed by atoms with Crippen molar-refractivity contribution in [1.82, 2.24) is 15.0 Å². The van der Waals surface area contributed by atoms with Crippen molar-refractivity contribution in [2.24, 2.45) is 0 Å². The third-order valence-corrected chi connectivity index (χ3v) is 10.9. The Morgan fingerprint density at radius 3 is 1.55 bits per heavy atom. The lowest BCUT2D eigenvalue weighted by atomic mass is 9.63. The lowest BCUT2D eigenvalue weighted by Crippen LogP contribution is -2.34. The molecule has 2 heterocycles. The van der Waals surface area contributed by atoms with E-state index < -0.39 is 5.41 Å². The number of ether oxygens (including phenoxy) is 1. The van der Waals surface area contributed by atoms with Gasteiger partial charge in [0.25, 0.3) is 0 Å². The summed E-state index contributed by atoms with van der Waals surface area (Å²) in [5.74, 6) is 3.41. The van der Waals surface area contributed by atoms with Crippen LogP contribution in [0.15, 0.2) is 206 Å². The van der Waals surface area contributed by atoms with Crippen LogP contribution in [0.3, 0.4) is 0 Å². The highest BCUT2D eigenvalue weighted by Gasteiger charge is 2.45. The molecule has 0 aliphatic carbocycles. The molecule has 0 fully saturated rings. The molecule has 5 nitrogen and oxygen atoms in total. The highest BCUT2D eigenvalue weighted by molar-refractivity contribution is 5.80. The fraction of sp³-hybridized carbons (Fsp3) is 0.0189. The zero-order valence-corrected chi connectivity index (χ0v) is 31.3. The summed E-state index contributed by atoms with van der Waals surface area (Å²) < 4.78 is 6.67. The van der Waals surface area contributed by atoms with Crippen molar-refractivity contribution in [1.29, 1.82) is 0 Å². The van der Waals surface area contributed by atoms with E-state index in [1.807, 2.05) is 84.9 Å². The third-order valence-electron chi connectivity index (χ3n) is 10.9. The molecule has 0 radical (unpaired) electrons. The number of rotatable bonds is 7. The fourth-order valence-corrected chi connectivity index (χ4v) is 8.19. The molecule has 0 amide bonds. The Kier molecular flexibility index (Phi) is 8.70. The Labute approximate surface area is 337 Å². The molecule has 8 aromatic carbocycles. The lowest BCUT2D eigenvalue weighted by molar-refractivity contribution is 0.434. The van der Waals surface area contributed by atoms with E-state index in [1.54, 1.807) is 0 Å². The third kappa shape index (κ3) is 6.01. The fourth-order valence-electron chi connectivity index (χ4n) is 8.19. The molecule has 9 aromatic rings. The highest BCUT2D eigenvalue weighted by Crippen LogP contribution is 2.55. The summed E-state index contributed by atoms with van der Waals surface area (Å²) >= 11 is 0. The average Bonchev–Trinajstić information content (AvgIpc) is 3.31. The maximum absolute atomic E-state index is 7.64. The van der Waals surface area contributed by atoms with Gasteiger partial charge in [-0.3, -0.25) is 0 Å². The number of fused-ring (bicyclic) bond motifs is 2. The molecule has 0 N–H and O–H groups in total. The van der Waals surface area contributed by atoms with E-state index in [2.05, 4.69) is 126 Å². The van der Waals surface area contributed by atoms with Crippen LogP contribution in [-0.2, 0) is 5.41 Å². The van der Waals surface area contributed by atoms with E-state index in [-0.39, 0.29) is 0 Å². The summed E-state index contributed by atoms with van der Waals surface area (Å²) in [6, 6.07) is 70.5. The van der Waals surface area contributed by atoms with Crippen LogP contribution < -0.4 is 4.74 Å². The summed E-state index contributed by atoms with van der Waals surface area (Å²) in [6.07, 6.45) is 0. The van der Waals surface area contributed by atoms with Crippen LogP contribution in [0.4, 0.5) is 5.69 Å². The maximum Gasteiger partial charge on any atom is 0.194 e. The summed E-state index contributed by atoms with van der Waals surface area (Å²) in [4.78, 5) is 18.8. The Hall–Kier alpha value is -7.94. The number of nitrogens with zero attached hydrogens (tertiary/aromatic N) is 4. The van der Waals surface area contributed by atoms with Gasteiger partial charge in [0.2, 0.25) is 0 Å². The molecule has 10 rings (SSSR count). The number of aromatic nitrogens is 3. The van der Waals surface area contributed by atoms with E-state index in [9.17, 15) is 0 Å². The van der Waals surface area contributed by atoms with Crippen LogP contribution in [0, 0.1) is 6.57 Å². The van der Waals surface area contributed by atoms with Gasteiger partial charge >= 0.3 is 0 Å². The number of hydrogen-bond donors (Lipinski definition) is 0. The second-order valence-corrected chi connectivity index (χ2v) is 14.3. The average molecular weight is 743 g/mol. The predicted octanol–water partition coefficient (Wildman–Crippen LogP) is 13.2. The smallest absolute Gasteiger partial charge is 0.194 e. The van der Waals surface area contributed by atoms with Gasteiger partial charge in [-0.25, -0.2) is 19.8 Å². The monoisotopic (exact) mass is 742 g/mol. The number of benzene rings is 8. The standard InChI is InChI=1S/C53H34N4O/c1-54-47-26-13-11-24-44(47)36-28-30-38(31-29-36)51-55-50(37-16-5-2-6-17-37)56-52(57-51)41-19-15-18-39(34-41)40-32-33-49-46(35-40)53(42-20-7-3-8-21-42,43-22-9-4-10-23-43)45-25-12-14-27-48(45)58-49/h2-35H. The molecule has 0 atom stereocenters. The number of para-hydroxylation sites is 2. The first-order valence-corrected chi connectivity index (χ1v) is 19.2. The van der Waals surface area contributed by atoms with Crippen LogP contribution >= 0.6 is 0 Å². The van der Waals surface area contributed by atoms with Gasteiger partial charge in [0, 0.05) is 27.8 Å². The molecule has 1 aromatic heterocycles. The topological polar surface area (TPSA) is 52.3 Å². The molecule has 1 aliphatic rings. The molecular formula is C53H34N4O. The summed E-state index contributed by atoms with van der Waals surface area (Å²) in [6.45, 7) is 7.64. The van der Waals surface area contributed by atoms with Gasteiger partial charge < -0.3 is 4.74 Å². The van der Waals surface area contributed by atoms with Crippen LogP contribution in [-0.4, -0.2) is 15.0 Å². The molecule has 0 spiro atoms. The van der Waals surface area contributed by atoms with E-state index in [0.29, 0.717) is 23.2 Å². The minimum absolute atomic E-state index is 0.569. The van der Waals surface area contributed by atoms with Gasteiger partial charge in [0.05, 0.1) is 12.0 Å². The van der Waals surface area contributed by atoms with Crippen molar-refractivity contribution in [3.63, 3.8) is 0 Å². The first-order chi connectivity index (χ1) is 28.7. The normalized spacial score (nSPS) is 12.4.